The van der Waals surface area contributed by atoms with Gasteiger partial charge in [0.25, 0.3) is 0 Å². The van der Waals surface area contributed by atoms with Gasteiger partial charge >= 0.3 is 0 Å². The van der Waals surface area contributed by atoms with Gasteiger partial charge in [-0.3, -0.25) is 5.43 Å². The molecule has 0 fully saturated rings. The van der Waals surface area contributed by atoms with Gasteiger partial charge in [0.2, 0.25) is 5.96 Å². The van der Waals surface area contributed by atoms with Crippen LogP contribution in [0.4, 0.5) is 0 Å². The molecular formula is C9H16N4S. The molecule has 1 heterocycles. The molecule has 0 radical (unpaired) electrons. The Morgan fingerprint density at radius 2 is 2.50 bits per heavy atom. The van der Waals surface area contributed by atoms with Crippen LogP contribution in [0.1, 0.15) is 18.2 Å². The van der Waals surface area contributed by atoms with Crippen LogP contribution in [-0.2, 0) is 6.54 Å². The summed E-state index contributed by atoms with van der Waals surface area (Å²) in [5, 5.41) is 5.14. The molecule has 14 heavy (non-hydrogen) atoms. The van der Waals surface area contributed by atoms with Gasteiger partial charge in [0.05, 0.1) is 6.54 Å². The van der Waals surface area contributed by atoms with Gasteiger partial charge in [-0.1, -0.05) is 13.0 Å². The van der Waals surface area contributed by atoms with Gasteiger partial charge in [-0.05, 0) is 17.9 Å². The monoisotopic (exact) mass is 212 g/mol. The molecule has 78 valence electrons. The molecule has 0 aliphatic heterocycles. The van der Waals surface area contributed by atoms with Crippen molar-refractivity contribution in [1.29, 1.82) is 0 Å². The van der Waals surface area contributed by atoms with E-state index in [1.54, 1.807) is 11.3 Å². The number of nitrogens with one attached hydrogen (secondary N) is 2. The number of nitrogens with zero attached hydrogens (tertiary/aromatic N) is 1. The topological polar surface area (TPSA) is 62.4 Å². The number of nitrogens with two attached hydrogens (primary N) is 1. The molecule has 0 unspecified atom stereocenters. The van der Waals surface area contributed by atoms with Crippen LogP contribution in [0.3, 0.4) is 0 Å². The Bertz CT molecular complexity index is 268. The maximum atomic E-state index is 5.31. The molecule has 0 aliphatic carbocycles. The number of thiophene rings is 1. The molecule has 1 aromatic rings. The molecule has 1 rings (SSSR count). The minimum atomic E-state index is 0.653. The third-order valence-electron chi connectivity index (χ3n) is 1.65. The van der Waals surface area contributed by atoms with Crippen molar-refractivity contribution in [2.45, 2.75) is 19.9 Å². The zero-order valence-corrected chi connectivity index (χ0v) is 9.10. The third-order valence-corrected chi connectivity index (χ3v) is 2.51. The average Bonchev–Trinajstić information content (AvgIpc) is 2.71. The maximum absolute atomic E-state index is 5.31. The lowest BCUT2D eigenvalue weighted by atomic mass is 10.5. The largest absolute Gasteiger partial charge is 0.355 e. The van der Waals surface area contributed by atoms with Crippen LogP contribution in [0.5, 0.6) is 0 Å². The van der Waals surface area contributed by atoms with Crippen LogP contribution in [0.25, 0.3) is 0 Å². The number of aliphatic imine (C=N–C) groups is 1. The molecule has 0 amide bonds. The molecule has 0 spiro atoms. The highest BCUT2D eigenvalue weighted by molar-refractivity contribution is 7.09. The van der Waals surface area contributed by atoms with Crippen molar-refractivity contribution in [3.63, 3.8) is 0 Å². The van der Waals surface area contributed by atoms with E-state index in [1.165, 1.54) is 4.88 Å². The quantitative estimate of drug-likeness (QED) is 0.303. The Morgan fingerprint density at radius 3 is 3.07 bits per heavy atom. The van der Waals surface area contributed by atoms with Crippen LogP contribution in [0.15, 0.2) is 22.5 Å². The molecule has 0 aliphatic rings. The number of hydrogen-bond donors (Lipinski definition) is 3. The van der Waals surface area contributed by atoms with Crippen molar-refractivity contribution in [3.05, 3.63) is 22.4 Å². The third kappa shape index (κ3) is 3.76. The van der Waals surface area contributed by atoms with E-state index in [0.29, 0.717) is 12.5 Å². The first kappa shape index (κ1) is 11.0. The summed E-state index contributed by atoms with van der Waals surface area (Å²) >= 11 is 1.70. The molecule has 0 aromatic carbocycles. The molecule has 0 saturated heterocycles. The second-order valence-electron chi connectivity index (χ2n) is 2.82. The van der Waals surface area contributed by atoms with Gasteiger partial charge in [-0.2, -0.15) is 0 Å². The van der Waals surface area contributed by atoms with Crippen LogP contribution in [-0.4, -0.2) is 12.5 Å². The number of hydrogen-bond acceptors (Lipinski definition) is 3. The Labute approximate surface area is 88.2 Å². The fraction of sp³-hybridized carbons (Fsp3) is 0.444. The lowest BCUT2D eigenvalue weighted by Crippen LogP contribution is -2.41. The molecular weight excluding hydrogens is 196 g/mol. The second-order valence-corrected chi connectivity index (χ2v) is 3.85. The van der Waals surface area contributed by atoms with Gasteiger partial charge in [0.1, 0.15) is 0 Å². The summed E-state index contributed by atoms with van der Waals surface area (Å²) in [7, 11) is 0. The smallest absolute Gasteiger partial charge is 0.206 e. The highest BCUT2D eigenvalue weighted by Crippen LogP contribution is 2.08. The Kier molecular flexibility index (Phi) is 5.03. The van der Waals surface area contributed by atoms with Crippen LogP contribution in [0, 0.1) is 0 Å². The zero-order chi connectivity index (χ0) is 10.2. The lowest BCUT2D eigenvalue weighted by Gasteiger charge is -2.06. The number of hydrazine groups is 1. The van der Waals surface area contributed by atoms with Gasteiger partial charge in [-0.25, -0.2) is 10.8 Å². The zero-order valence-electron chi connectivity index (χ0n) is 8.29. The number of guanidine groups is 1. The molecule has 1 aromatic heterocycles. The van der Waals surface area contributed by atoms with Gasteiger partial charge in [-0.15, -0.1) is 11.3 Å². The Balaban J connectivity index is 2.39. The summed E-state index contributed by atoms with van der Waals surface area (Å²) in [4.78, 5) is 5.53. The van der Waals surface area contributed by atoms with E-state index in [1.807, 2.05) is 11.4 Å². The molecule has 4 nitrogen and oxygen atoms in total. The first-order valence-corrected chi connectivity index (χ1v) is 5.52. The highest BCUT2D eigenvalue weighted by atomic mass is 32.1. The first-order chi connectivity index (χ1) is 6.86. The van der Waals surface area contributed by atoms with Crippen LogP contribution >= 0.6 is 11.3 Å². The van der Waals surface area contributed by atoms with E-state index in [2.05, 4.69) is 28.7 Å². The SMILES string of the molecule is CCCNC(=NCc1cccs1)NN. The summed E-state index contributed by atoms with van der Waals surface area (Å²) in [5.41, 5.74) is 2.54. The predicted octanol–water partition coefficient (Wildman–Crippen LogP) is 1.07. The van der Waals surface area contributed by atoms with E-state index in [-0.39, 0.29) is 0 Å². The van der Waals surface area contributed by atoms with Crippen LogP contribution in [0.2, 0.25) is 0 Å². The Hall–Kier alpha value is -1.07. The summed E-state index contributed by atoms with van der Waals surface area (Å²) in [5.74, 6) is 5.97. The summed E-state index contributed by atoms with van der Waals surface area (Å²) < 4.78 is 0. The van der Waals surface area contributed by atoms with Gasteiger partial charge in [0, 0.05) is 11.4 Å². The van der Waals surface area contributed by atoms with E-state index >= 15 is 0 Å². The second kappa shape index (κ2) is 6.39. The van der Waals surface area contributed by atoms with Crippen molar-refractivity contribution in [2.24, 2.45) is 10.8 Å². The van der Waals surface area contributed by atoms with Gasteiger partial charge in [0.15, 0.2) is 0 Å². The number of rotatable bonds is 4. The standard InChI is InChI=1S/C9H16N4S/c1-2-5-11-9(13-10)12-7-8-4-3-6-14-8/h3-4,6H,2,5,7,10H2,1H3,(H2,11,12,13). The Morgan fingerprint density at radius 1 is 1.64 bits per heavy atom. The van der Waals surface area contributed by atoms with Crippen LogP contribution < -0.4 is 16.6 Å². The summed E-state index contributed by atoms with van der Waals surface area (Å²) in [6.07, 6.45) is 1.06. The fourth-order valence-electron chi connectivity index (χ4n) is 0.955. The minimum Gasteiger partial charge on any atom is -0.355 e. The van der Waals surface area contributed by atoms with Gasteiger partial charge < -0.3 is 5.32 Å². The van der Waals surface area contributed by atoms with Crippen molar-refractivity contribution in [3.8, 4) is 0 Å². The van der Waals surface area contributed by atoms with E-state index in [4.69, 9.17) is 5.84 Å². The highest BCUT2D eigenvalue weighted by Gasteiger charge is 1.95. The molecule has 5 heteroatoms. The summed E-state index contributed by atoms with van der Waals surface area (Å²) in [6.45, 7) is 3.65. The first-order valence-electron chi connectivity index (χ1n) is 4.64. The predicted molar refractivity (Wildman–Crippen MR) is 61.1 cm³/mol. The lowest BCUT2D eigenvalue weighted by molar-refractivity contribution is 0.791. The van der Waals surface area contributed by atoms with Crippen molar-refractivity contribution < 1.29 is 0 Å². The molecule has 4 N–H and O–H groups in total. The maximum Gasteiger partial charge on any atom is 0.206 e. The van der Waals surface area contributed by atoms with Crippen molar-refractivity contribution in [2.75, 3.05) is 6.54 Å². The summed E-state index contributed by atoms with van der Waals surface area (Å²) in [6, 6.07) is 4.08. The molecule has 0 atom stereocenters. The minimum absolute atomic E-state index is 0.653. The molecule has 0 saturated carbocycles. The van der Waals surface area contributed by atoms with Crippen molar-refractivity contribution in [1.82, 2.24) is 10.7 Å². The normalized spacial score (nSPS) is 11.4. The van der Waals surface area contributed by atoms with E-state index in [9.17, 15) is 0 Å². The fourth-order valence-corrected chi connectivity index (χ4v) is 1.58. The average molecular weight is 212 g/mol. The van der Waals surface area contributed by atoms with E-state index in [0.717, 1.165) is 13.0 Å². The van der Waals surface area contributed by atoms with E-state index < -0.39 is 0 Å². The molecule has 0 bridgehead atoms. The van der Waals surface area contributed by atoms with Crippen molar-refractivity contribution >= 4 is 17.3 Å².